The van der Waals surface area contributed by atoms with Crippen LogP contribution in [0, 0.1) is 6.92 Å². The van der Waals surface area contributed by atoms with Gasteiger partial charge < -0.3 is 19.5 Å². The van der Waals surface area contributed by atoms with Gasteiger partial charge in [-0.05, 0) is 62.2 Å². The van der Waals surface area contributed by atoms with Crippen molar-refractivity contribution in [3.63, 3.8) is 0 Å². The Morgan fingerprint density at radius 2 is 1.86 bits per heavy atom. The number of benzene rings is 2. The second kappa shape index (κ2) is 10.0. The van der Waals surface area contributed by atoms with Crippen molar-refractivity contribution in [3.05, 3.63) is 94.8 Å². The van der Waals surface area contributed by atoms with E-state index in [0.717, 1.165) is 11.1 Å². The molecule has 1 N–H and O–H groups in total. The first kappa shape index (κ1) is 24.0. The van der Waals surface area contributed by atoms with E-state index in [1.807, 2.05) is 39.0 Å². The van der Waals surface area contributed by atoms with E-state index in [-0.39, 0.29) is 24.0 Å². The fourth-order valence-electron chi connectivity index (χ4n) is 4.29. The molecule has 0 bridgehead atoms. The predicted molar refractivity (Wildman–Crippen MR) is 132 cm³/mol. The van der Waals surface area contributed by atoms with E-state index < -0.39 is 17.7 Å². The number of nitrogens with zero attached hydrogens (tertiary/aromatic N) is 2. The molecule has 1 atom stereocenters. The van der Waals surface area contributed by atoms with Gasteiger partial charge in [-0.25, -0.2) is 0 Å². The number of ether oxygens (including phenoxy) is 2. The number of methoxy groups -OCH3 is 1. The lowest BCUT2D eigenvalue weighted by molar-refractivity contribution is -0.140. The highest BCUT2D eigenvalue weighted by Gasteiger charge is 2.47. The summed E-state index contributed by atoms with van der Waals surface area (Å²) in [5, 5.41) is 11.4. The number of amides is 1. The van der Waals surface area contributed by atoms with Crippen LogP contribution in [-0.4, -0.2) is 39.9 Å². The number of hydrogen-bond donors (Lipinski definition) is 1. The minimum atomic E-state index is -0.835. The summed E-state index contributed by atoms with van der Waals surface area (Å²) in [6.45, 7) is 5.89. The van der Waals surface area contributed by atoms with E-state index >= 15 is 0 Å². The number of Topliss-reactive ketones (excluding diaryl/α,β-unsaturated/α-hetero) is 1. The van der Waals surface area contributed by atoms with E-state index in [0.29, 0.717) is 22.6 Å². The lowest BCUT2D eigenvalue weighted by Crippen LogP contribution is -2.29. The fraction of sp³-hybridized carbons (Fsp3) is 0.250. The van der Waals surface area contributed by atoms with Gasteiger partial charge in [0.2, 0.25) is 0 Å². The summed E-state index contributed by atoms with van der Waals surface area (Å²) in [7, 11) is 1.53. The molecule has 7 heteroatoms. The summed E-state index contributed by atoms with van der Waals surface area (Å²) in [6, 6.07) is 15.2. The first-order chi connectivity index (χ1) is 16.8. The third kappa shape index (κ3) is 4.75. The topological polar surface area (TPSA) is 89.0 Å². The van der Waals surface area contributed by atoms with Crippen molar-refractivity contribution in [2.24, 2.45) is 0 Å². The van der Waals surface area contributed by atoms with E-state index in [1.54, 1.807) is 48.8 Å². The summed E-state index contributed by atoms with van der Waals surface area (Å²) >= 11 is 0. The Hall–Kier alpha value is -4.13. The normalized spacial score (nSPS) is 17.2. The molecule has 0 spiro atoms. The Bertz CT molecular complexity index is 1280. The van der Waals surface area contributed by atoms with Gasteiger partial charge in [-0.1, -0.05) is 24.3 Å². The molecule has 0 radical (unpaired) electrons. The molecule has 0 aliphatic carbocycles. The van der Waals surface area contributed by atoms with Crippen LogP contribution < -0.4 is 9.47 Å². The van der Waals surface area contributed by atoms with Gasteiger partial charge in [0.1, 0.15) is 17.3 Å². The van der Waals surface area contributed by atoms with Crippen molar-refractivity contribution in [2.75, 3.05) is 7.11 Å². The Balaban J connectivity index is 1.86. The molecule has 2 aromatic carbocycles. The maximum absolute atomic E-state index is 13.3. The lowest BCUT2D eigenvalue weighted by atomic mass is 9.94. The Kier molecular flexibility index (Phi) is 6.87. The number of carbonyl (C=O) groups is 2. The van der Waals surface area contributed by atoms with Crippen LogP contribution in [0.5, 0.6) is 11.5 Å². The average Bonchev–Trinajstić information content (AvgIpc) is 3.10. The van der Waals surface area contributed by atoms with Crippen LogP contribution in [-0.2, 0) is 16.1 Å². The molecule has 1 aliphatic rings. The Labute approximate surface area is 204 Å². The average molecular weight is 473 g/mol. The number of para-hydroxylation sites is 1. The number of aryl methyl sites for hydroxylation is 1. The summed E-state index contributed by atoms with van der Waals surface area (Å²) in [4.78, 5) is 32.1. The van der Waals surface area contributed by atoms with Crippen LogP contribution in [0.15, 0.2) is 72.6 Å². The number of hydrogen-bond acceptors (Lipinski definition) is 6. The van der Waals surface area contributed by atoms with Crippen molar-refractivity contribution in [3.8, 4) is 11.5 Å². The quantitative estimate of drug-likeness (QED) is 0.302. The summed E-state index contributed by atoms with van der Waals surface area (Å²) in [6.07, 6.45) is 3.29. The van der Waals surface area contributed by atoms with Crippen LogP contribution >= 0.6 is 0 Å². The highest BCUT2D eigenvalue weighted by atomic mass is 16.5. The van der Waals surface area contributed by atoms with E-state index in [9.17, 15) is 14.7 Å². The molecule has 1 unspecified atom stereocenters. The Morgan fingerprint density at radius 3 is 2.51 bits per heavy atom. The van der Waals surface area contributed by atoms with Crippen LogP contribution in [0.25, 0.3) is 5.76 Å². The van der Waals surface area contributed by atoms with Gasteiger partial charge in [-0.3, -0.25) is 14.6 Å². The minimum absolute atomic E-state index is 0.00325. The predicted octanol–water partition coefficient (Wildman–Crippen LogP) is 4.81. The minimum Gasteiger partial charge on any atom is -0.507 e. The zero-order valence-corrected chi connectivity index (χ0v) is 20.2. The molecule has 1 aromatic heterocycles. The molecule has 7 nitrogen and oxygen atoms in total. The largest absolute Gasteiger partial charge is 0.507 e. The van der Waals surface area contributed by atoms with Crippen molar-refractivity contribution in [1.29, 1.82) is 0 Å². The molecule has 1 saturated heterocycles. The maximum Gasteiger partial charge on any atom is 0.295 e. The molecule has 35 heavy (non-hydrogen) atoms. The molecule has 1 fully saturated rings. The van der Waals surface area contributed by atoms with Crippen molar-refractivity contribution in [1.82, 2.24) is 9.88 Å². The van der Waals surface area contributed by atoms with Gasteiger partial charge in [0.25, 0.3) is 11.7 Å². The molecule has 1 aliphatic heterocycles. The van der Waals surface area contributed by atoms with Gasteiger partial charge in [-0.15, -0.1) is 0 Å². The number of aliphatic hydroxyl groups is 1. The number of aliphatic hydroxyl groups excluding tert-OH is 1. The number of likely N-dealkylation sites (tertiary alicyclic amines) is 1. The van der Waals surface area contributed by atoms with E-state index in [2.05, 4.69) is 4.98 Å². The van der Waals surface area contributed by atoms with Gasteiger partial charge >= 0.3 is 0 Å². The molecular formula is C28H28N2O5. The summed E-state index contributed by atoms with van der Waals surface area (Å²) < 4.78 is 11.3. The number of carbonyl (C=O) groups excluding carboxylic acids is 2. The molecule has 3 aromatic rings. The third-order valence-corrected chi connectivity index (χ3v) is 5.86. The molecule has 0 saturated carbocycles. The smallest absolute Gasteiger partial charge is 0.295 e. The van der Waals surface area contributed by atoms with Crippen LogP contribution in [0.1, 0.15) is 42.1 Å². The molecule has 2 heterocycles. The number of ketones is 1. The zero-order valence-electron chi connectivity index (χ0n) is 20.2. The van der Waals surface area contributed by atoms with Crippen LogP contribution in [0.4, 0.5) is 0 Å². The highest BCUT2D eigenvalue weighted by molar-refractivity contribution is 6.46. The highest BCUT2D eigenvalue weighted by Crippen LogP contribution is 2.43. The molecule has 180 valence electrons. The maximum atomic E-state index is 13.3. The molecule has 4 rings (SSSR count). The number of pyridine rings is 1. The first-order valence-corrected chi connectivity index (χ1v) is 11.4. The van der Waals surface area contributed by atoms with Gasteiger partial charge in [0, 0.05) is 30.1 Å². The van der Waals surface area contributed by atoms with Crippen molar-refractivity contribution >= 4 is 17.4 Å². The summed E-state index contributed by atoms with van der Waals surface area (Å²) in [5.74, 6) is -0.481. The molecular weight excluding hydrogens is 444 g/mol. The number of aromatic nitrogens is 1. The summed E-state index contributed by atoms with van der Waals surface area (Å²) in [5.41, 5.74) is 2.62. The van der Waals surface area contributed by atoms with Crippen molar-refractivity contribution < 1.29 is 24.2 Å². The lowest BCUT2D eigenvalue weighted by Gasteiger charge is -2.26. The molecule has 1 amide bonds. The van der Waals surface area contributed by atoms with Crippen LogP contribution in [0.3, 0.4) is 0 Å². The second-order valence-electron chi connectivity index (χ2n) is 8.68. The SMILES string of the molecule is COc1ccccc1C1/C(=C(\O)c2ccc(OC(C)C)c(C)c2)C(=O)C(=O)N1Cc1cccnc1. The second-order valence-corrected chi connectivity index (χ2v) is 8.68. The third-order valence-electron chi connectivity index (χ3n) is 5.86. The van der Waals surface area contributed by atoms with Gasteiger partial charge in [0.05, 0.1) is 24.8 Å². The Morgan fingerprint density at radius 1 is 1.09 bits per heavy atom. The monoisotopic (exact) mass is 472 g/mol. The van der Waals surface area contributed by atoms with Crippen molar-refractivity contribution in [2.45, 2.75) is 39.5 Å². The van der Waals surface area contributed by atoms with Gasteiger partial charge in [-0.2, -0.15) is 0 Å². The first-order valence-electron chi connectivity index (χ1n) is 11.4. The van der Waals surface area contributed by atoms with Crippen LogP contribution in [0.2, 0.25) is 0 Å². The standard InChI is InChI=1S/C28H28N2O5/c1-17(2)35-22-12-11-20(14-18(22)3)26(31)24-25(21-9-5-6-10-23(21)34-4)30(28(33)27(24)32)16-19-8-7-13-29-15-19/h5-15,17,25,31H,16H2,1-4H3/b26-24+. The van der Waals surface area contributed by atoms with Gasteiger partial charge in [0.15, 0.2) is 0 Å². The fourth-order valence-corrected chi connectivity index (χ4v) is 4.29. The number of rotatable bonds is 7. The van der Waals surface area contributed by atoms with E-state index in [4.69, 9.17) is 9.47 Å². The van der Waals surface area contributed by atoms with E-state index in [1.165, 1.54) is 12.0 Å². The zero-order chi connectivity index (χ0) is 25.1.